The lowest BCUT2D eigenvalue weighted by molar-refractivity contribution is -0.130. The molecule has 38 heavy (non-hydrogen) atoms. The smallest absolute Gasteiger partial charge is 0.339 e. The van der Waals surface area contributed by atoms with Gasteiger partial charge in [0.25, 0.3) is 5.91 Å². The zero-order valence-electron chi connectivity index (χ0n) is 22.1. The normalized spacial score (nSPS) is 16.6. The van der Waals surface area contributed by atoms with E-state index >= 15 is 0 Å². The van der Waals surface area contributed by atoms with Gasteiger partial charge in [0.1, 0.15) is 12.4 Å². The molecule has 0 bridgehead atoms. The molecule has 1 unspecified atom stereocenters. The Bertz CT molecular complexity index is 1530. The van der Waals surface area contributed by atoms with Crippen LogP contribution < -0.4 is 4.74 Å². The number of aromatic amines is 1. The average Bonchev–Trinajstić information content (AvgIpc) is 3.25. The maximum atomic E-state index is 14.1. The van der Waals surface area contributed by atoms with Gasteiger partial charge in [-0.1, -0.05) is 82.3 Å². The maximum Gasteiger partial charge on any atom is 0.339 e. The van der Waals surface area contributed by atoms with Crippen LogP contribution in [0.25, 0.3) is 16.5 Å². The molecule has 0 aliphatic carbocycles. The van der Waals surface area contributed by atoms with Gasteiger partial charge >= 0.3 is 5.97 Å². The molecule has 6 heteroatoms. The van der Waals surface area contributed by atoms with Gasteiger partial charge in [-0.15, -0.1) is 0 Å². The minimum absolute atomic E-state index is 0.0392. The van der Waals surface area contributed by atoms with E-state index < -0.39 is 11.4 Å². The molecule has 2 N–H and O–H groups in total. The largest absolute Gasteiger partial charge is 0.489 e. The van der Waals surface area contributed by atoms with Crippen molar-refractivity contribution in [3.8, 4) is 5.75 Å². The van der Waals surface area contributed by atoms with Gasteiger partial charge in [0, 0.05) is 34.1 Å². The molecule has 1 amide bonds. The van der Waals surface area contributed by atoms with Crippen LogP contribution in [-0.2, 0) is 16.8 Å². The third-order valence-corrected chi connectivity index (χ3v) is 7.35. The number of carbonyl (C=O) groups is 2. The zero-order valence-corrected chi connectivity index (χ0v) is 22.1. The summed E-state index contributed by atoms with van der Waals surface area (Å²) in [4.78, 5) is 31.6. The van der Waals surface area contributed by atoms with E-state index in [1.165, 1.54) is 6.20 Å². The van der Waals surface area contributed by atoms with Crippen LogP contribution in [0.4, 0.5) is 0 Å². The number of carboxylic acid groups (broad SMARTS) is 1. The number of aromatic nitrogens is 1. The Morgan fingerprint density at radius 3 is 2.42 bits per heavy atom. The monoisotopic (exact) mass is 508 g/mol. The molecule has 1 aliphatic heterocycles. The predicted octanol–water partition coefficient (Wildman–Crippen LogP) is 6.63. The highest BCUT2D eigenvalue weighted by atomic mass is 16.5. The maximum absolute atomic E-state index is 14.1. The van der Waals surface area contributed by atoms with Crippen molar-refractivity contribution in [2.24, 2.45) is 5.92 Å². The standard InChI is InChI=1S/C32H32N2O4/c1-20(2)29-32(3,4)27-24-15-8-9-16-26(24)33-28(27)25(31(36)37)18-34(29)30(35)22-13-10-14-23(17-22)38-19-21-11-6-5-7-12-21/h5-18,20,29,33H,19H2,1-4H3,(H,36,37). The van der Waals surface area contributed by atoms with Gasteiger partial charge in [0.15, 0.2) is 0 Å². The number of carbonyl (C=O) groups excluding carboxylic acids is 1. The molecule has 0 saturated heterocycles. The van der Waals surface area contributed by atoms with Crippen molar-refractivity contribution in [3.63, 3.8) is 0 Å². The summed E-state index contributed by atoms with van der Waals surface area (Å²) < 4.78 is 5.97. The van der Waals surface area contributed by atoms with Gasteiger partial charge in [-0.2, -0.15) is 0 Å². The Labute approximate surface area is 222 Å². The lowest BCUT2D eigenvalue weighted by Gasteiger charge is -2.42. The first-order chi connectivity index (χ1) is 18.2. The van der Waals surface area contributed by atoms with Gasteiger partial charge in [-0.3, -0.25) is 4.79 Å². The Morgan fingerprint density at radius 1 is 1.00 bits per heavy atom. The van der Waals surface area contributed by atoms with Crippen molar-refractivity contribution < 1.29 is 19.4 Å². The van der Waals surface area contributed by atoms with Crippen molar-refractivity contribution in [2.75, 3.05) is 0 Å². The number of fused-ring (bicyclic) bond motifs is 3. The molecular formula is C32H32N2O4. The Kier molecular flexibility index (Phi) is 6.57. The lowest BCUT2D eigenvalue weighted by Crippen LogP contribution is -2.50. The van der Waals surface area contributed by atoms with Crippen LogP contribution in [0.2, 0.25) is 0 Å². The van der Waals surface area contributed by atoms with Crippen LogP contribution >= 0.6 is 0 Å². The first kappa shape index (κ1) is 25.3. The first-order valence-corrected chi connectivity index (χ1v) is 12.8. The van der Waals surface area contributed by atoms with Crippen molar-refractivity contribution in [1.82, 2.24) is 9.88 Å². The molecule has 0 saturated carbocycles. The number of H-pyrrole nitrogens is 1. The van der Waals surface area contributed by atoms with Crippen molar-refractivity contribution >= 4 is 28.4 Å². The Hall–Kier alpha value is -4.32. The fraction of sp³-hybridized carbons (Fsp3) is 0.250. The second-order valence-corrected chi connectivity index (χ2v) is 10.7. The molecule has 194 valence electrons. The molecule has 0 fully saturated rings. The highest BCUT2D eigenvalue weighted by molar-refractivity contribution is 6.17. The molecule has 5 rings (SSSR count). The van der Waals surface area contributed by atoms with Crippen LogP contribution in [0.1, 0.15) is 54.9 Å². The molecule has 1 aromatic heterocycles. The summed E-state index contributed by atoms with van der Waals surface area (Å²) in [6, 6.07) is 24.5. The summed E-state index contributed by atoms with van der Waals surface area (Å²) in [7, 11) is 0. The molecule has 6 nitrogen and oxygen atoms in total. The molecule has 0 radical (unpaired) electrons. The number of benzene rings is 3. The number of rotatable bonds is 6. The second kappa shape index (κ2) is 9.86. The fourth-order valence-corrected chi connectivity index (χ4v) is 5.90. The number of ether oxygens (including phenoxy) is 1. The summed E-state index contributed by atoms with van der Waals surface area (Å²) in [6.07, 6.45) is 1.51. The van der Waals surface area contributed by atoms with Crippen molar-refractivity contribution in [1.29, 1.82) is 0 Å². The number of hydrogen-bond acceptors (Lipinski definition) is 3. The van der Waals surface area contributed by atoms with Crippen LogP contribution in [0.5, 0.6) is 5.75 Å². The molecule has 2 heterocycles. The zero-order chi connectivity index (χ0) is 27.0. The predicted molar refractivity (Wildman–Crippen MR) is 149 cm³/mol. The van der Waals surface area contributed by atoms with E-state index in [0.29, 0.717) is 23.6 Å². The summed E-state index contributed by atoms with van der Waals surface area (Å²) in [6.45, 7) is 8.71. The number of hydrogen-bond donors (Lipinski definition) is 2. The summed E-state index contributed by atoms with van der Waals surface area (Å²) in [5, 5.41) is 11.2. The van der Waals surface area contributed by atoms with E-state index in [2.05, 4.69) is 32.7 Å². The van der Waals surface area contributed by atoms with E-state index in [1.54, 1.807) is 23.1 Å². The topological polar surface area (TPSA) is 82.6 Å². The van der Waals surface area contributed by atoms with Gasteiger partial charge in [-0.25, -0.2) is 4.79 Å². The SMILES string of the molecule is CC(C)C1N(C(=O)c2cccc(OCc3ccccc3)c2)C=C(C(=O)O)c2[nH]c3ccccc3c2C1(C)C. The van der Waals surface area contributed by atoms with Gasteiger partial charge in [-0.05, 0) is 41.3 Å². The van der Waals surface area contributed by atoms with E-state index in [4.69, 9.17) is 4.74 Å². The van der Waals surface area contributed by atoms with Crippen molar-refractivity contribution in [3.05, 3.63) is 107 Å². The lowest BCUT2D eigenvalue weighted by atomic mass is 9.71. The number of carboxylic acids is 1. The molecule has 4 aromatic rings. The molecule has 1 aliphatic rings. The highest BCUT2D eigenvalue weighted by Gasteiger charge is 2.45. The minimum Gasteiger partial charge on any atom is -0.489 e. The molecule has 1 atom stereocenters. The van der Waals surface area contributed by atoms with Gasteiger partial charge < -0.3 is 19.7 Å². The Balaban J connectivity index is 1.58. The van der Waals surface area contributed by atoms with Crippen molar-refractivity contribution in [2.45, 2.75) is 45.8 Å². The van der Waals surface area contributed by atoms with Crippen LogP contribution in [0.15, 0.2) is 85.1 Å². The van der Waals surface area contributed by atoms with Gasteiger partial charge in [0.05, 0.1) is 11.3 Å². The average molecular weight is 509 g/mol. The highest BCUT2D eigenvalue weighted by Crippen LogP contribution is 2.45. The summed E-state index contributed by atoms with van der Waals surface area (Å²) in [5.41, 5.74) is 3.31. The number of nitrogens with zero attached hydrogens (tertiary/aromatic N) is 1. The molecule has 3 aromatic carbocycles. The minimum atomic E-state index is -1.09. The van der Waals surface area contributed by atoms with Crippen LogP contribution in [0, 0.1) is 5.92 Å². The van der Waals surface area contributed by atoms with E-state index in [9.17, 15) is 14.7 Å². The Morgan fingerprint density at radius 2 is 1.71 bits per heavy atom. The summed E-state index contributed by atoms with van der Waals surface area (Å²) >= 11 is 0. The number of amides is 1. The van der Waals surface area contributed by atoms with Gasteiger partial charge in [0.2, 0.25) is 0 Å². The van der Waals surface area contributed by atoms with Crippen LogP contribution in [-0.4, -0.2) is 32.9 Å². The number of aliphatic carboxylic acids is 1. The molecular weight excluding hydrogens is 476 g/mol. The van der Waals surface area contributed by atoms with E-state index in [1.807, 2.05) is 60.7 Å². The second-order valence-electron chi connectivity index (χ2n) is 10.7. The number of para-hydroxylation sites is 1. The third-order valence-electron chi connectivity index (χ3n) is 7.35. The summed E-state index contributed by atoms with van der Waals surface area (Å²) in [5.74, 6) is -0.739. The first-order valence-electron chi connectivity index (χ1n) is 12.8. The van der Waals surface area contributed by atoms with E-state index in [0.717, 1.165) is 22.0 Å². The van der Waals surface area contributed by atoms with Crippen LogP contribution in [0.3, 0.4) is 0 Å². The third kappa shape index (κ3) is 4.47. The number of nitrogens with one attached hydrogen (secondary N) is 1. The quantitative estimate of drug-likeness (QED) is 0.306. The van der Waals surface area contributed by atoms with E-state index in [-0.39, 0.29) is 23.4 Å². The molecule has 0 spiro atoms. The fourth-order valence-electron chi connectivity index (χ4n) is 5.90.